The predicted molar refractivity (Wildman–Crippen MR) is 135 cm³/mol. The second-order valence-corrected chi connectivity index (χ2v) is 8.74. The van der Waals surface area contributed by atoms with Crippen LogP contribution in [0, 0.1) is 24.0 Å². The maximum Gasteiger partial charge on any atom is 0.270 e. The molecule has 34 heavy (non-hydrogen) atoms. The molecule has 0 radical (unpaired) electrons. The van der Waals surface area contributed by atoms with E-state index in [2.05, 4.69) is 47.2 Å². The van der Waals surface area contributed by atoms with Crippen LogP contribution in [0.1, 0.15) is 34.7 Å². The van der Waals surface area contributed by atoms with Crippen molar-refractivity contribution in [3.05, 3.63) is 112 Å². The predicted octanol–water partition coefficient (Wildman–Crippen LogP) is 6.04. The molecule has 1 saturated heterocycles. The van der Waals surface area contributed by atoms with Crippen molar-refractivity contribution in [1.82, 2.24) is 10.3 Å². The molecular formula is C26H22N4O3S. The zero-order chi connectivity index (χ0) is 23.8. The Hall–Kier alpha value is -4.04. The summed E-state index contributed by atoms with van der Waals surface area (Å²) < 4.78 is 6.31. The van der Waals surface area contributed by atoms with E-state index in [0.29, 0.717) is 22.2 Å². The third-order valence-corrected chi connectivity index (χ3v) is 6.16. The number of nitro benzene ring substituents is 1. The molecule has 0 unspecified atom stereocenters. The largest absolute Gasteiger partial charge is 0.459 e. The molecule has 0 amide bonds. The van der Waals surface area contributed by atoms with Gasteiger partial charge in [0.25, 0.3) is 5.69 Å². The van der Waals surface area contributed by atoms with Crippen LogP contribution in [0.2, 0.25) is 0 Å². The molecule has 0 spiro atoms. The summed E-state index contributed by atoms with van der Waals surface area (Å²) in [5.74, 6) is 1.24. The second-order valence-electron chi connectivity index (χ2n) is 8.35. The van der Waals surface area contributed by atoms with Gasteiger partial charge in [-0.15, -0.1) is 0 Å². The number of hydrogen-bond donors (Lipinski definition) is 1. The molecule has 170 valence electrons. The Bertz CT molecular complexity index is 1370. The molecular weight excluding hydrogens is 448 g/mol. The average molecular weight is 471 g/mol. The van der Waals surface area contributed by atoms with Gasteiger partial charge in [0.15, 0.2) is 5.11 Å². The molecule has 1 N–H and O–H groups in total. The van der Waals surface area contributed by atoms with Crippen molar-refractivity contribution in [2.24, 2.45) is 0 Å². The van der Waals surface area contributed by atoms with Crippen LogP contribution in [0.15, 0.2) is 83.4 Å². The van der Waals surface area contributed by atoms with E-state index in [1.54, 1.807) is 18.3 Å². The van der Waals surface area contributed by atoms with Gasteiger partial charge in [0.05, 0.1) is 16.7 Å². The zero-order valence-corrected chi connectivity index (χ0v) is 19.5. The van der Waals surface area contributed by atoms with Crippen molar-refractivity contribution in [2.75, 3.05) is 4.90 Å². The van der Waals surface area contributed by atoms with E-state index in [0.717, 1.165) is 22.5 Å². The van der Waals surface area contributed by atoms with Crippen molar-refractivity contribution in [1.29, 1.82) is 0 Å². The number of nitrogens with one attached hydrogen (secondary N) is 1. The maximum absolute atomic E-state index is 11.2. The SMILES string of the molecule is Cc1cc(C)cc(N2C(=S)N[C@@H](c3ccccn3)[C@H]2c2ccc(-c3cccc([N+](=O)[O-])c3)o2)c1. The first kappa shape index (κ1) is 21.8. The Morgan fingerprint density at radius 3 is 2.53 bits per heavy atom. The highest BCUT2D eigenvalue weighted by molar-refractivity contribution is 7.80. The third-order valence-electron chi connectivity index (χ3n) is 5.84. The third kappa shape index (κ3) is 4.04. The summed E-state index contributed by atoms with van der Waals surface area (Å²) in [4.78, 5) is 17.4. The maximum atomic E-state index is 11.2. The summed E-state index contributed by atoms with van der Waals surface area (Å²) in [5, 5.41) is 15.2. The molecule has 2 aromatic heterocycles. The van der Waals surface area contributed by atoms with Gasteiger partial charge in [-0.2, -0.15) is 0 Å². The van der Waals surface area contributed by atoms with Crippen LogP contribution < -0.4 is 10.2 Å². The Morgan fingerprint density at radius 2 is 1.82 bits per heavy atom. The first-order valence-corrected chi connectivity index (χ1v) is 11.2. The topological polar surface area (TPSA) is 84.4 Å². The number of pyridine rings is 1. The number of furan rings is 1. The minimum atomic E-state index is -0.411. The minimum Gasteiger partial charge on any atom is -0.459 e. The van der Waals surface area contributed by atoms with E-state index in [4.69, 9.17) is 16.6 Å². The van der Waals surface area contributed by atoms with Crippen LogP contribution >= 0.6 is 12.2 Å². The fourth-order valence-corrected chi connectivity index (χ4v) is 4.80. The number of rotatable bonds is 5. The van der Waals surface area contributed by atoms with Crippen molar-refractivity contribution < 1.29 is 9.34 Å². The highest BCUT2D eigenvalue weighted by atomic mass is 32.1. The van der Waals surface area contributed by atoms with Crippen molar-refractivity contribution in [2.45, 2.75) is 25.9 Å². The van der Waals surface area contributed by atoms with Crippen molar-refractivity contribution in [3.8, 4) is 11.3 Å². The van der Waals surface area contributed by atoms with Gasteiger partial charge in [0, 0.05) is 29.6 Å². The number of benzene rings is 2. The lowest BCUT2D eigenvalue weighted by atomic mass is 10.0. The summed E-state index contributed by atoms with van der Waals surface area (Å²) in [6, 6.07) is 21.7. The molecule has 0 bridgehead atoms. The summed E-state index contributed by atoms with van der Waals surface area (Å²) >= 11 is 5.78. The number of hydrogen-bond acceptors (Lipinski definition) is 5. The Balaban J connectivity index is 1.61. The fourth-order valence-electron chi connectivity index (χ4n) is 4.45. The van der Waals surface area contributed by atoms with Crippen molar-refractivity contribution >= 4 is 28.7 Å². The Morgan fingerprint density at radius 1 is 1.03 bits per heavy atom. The number of aromatic nitrogens is 1. The number of nitro groups is 1. The van der Waals surface area contributed by atoms with Gasteiger partial charge in [0.2, 0.25) is 0 Å². The molecule has 7 nitrogen and oxygen atoms in total. The van der Waals surface area contributed by atoms with E-state index in [-0.39, 0.29) is 17.8 Å². The highest BCUT2D eigenvalue weighted by Gasteiger charge is 2.42. The molecule has 2 aromatic carbocycles. The number of nitrogens with zero attached hydrogens (tertiary/aromatic N) is 3. The van der Waals surface area contributed by atoms with Crippen LogP contribution in [0.5, 0.6) is 0 Å². The van der Waals surface area contributed by atoms with Crippen LogP contribution in [-0.2, 0) is 0 Å². The highest BCUT2D eigenvalue weighted by Crippen LogP contribution is 2.43. The normalized spacial score (nSPS) is 17.6. The molecule has 1 aliphatic rings. The summed E-state index contributed by atoms with van der Waals surface area (Å²) in [7, 11) is 0. The van der Waals surface area contributed by atoms with E-state index in [9.17, 15) is 10.1 Å². The molecule has 0 saturated carbocycles. The van der Waals surface area contributed by atoms with Gasteiger partial charge in [-0.1, -0.05) is 24.3 Å². The van der Waals surface area contributed by atoms with Crippen LogP contribution in [0.25, 0.3) is 11.3 Å². The van der Waals surface area contributed by atoms with Gasteiger partial charge < -0.3 is 14.6 Å². The van der Waals surface area contributed by atoms with Gasteiger partial charge in [-0.25, -0.2) is 0 Å². The van der Waals surface area contributed by atoms with Gasteiger partial charge >= 0.3 is 0 Å². The van der Waals surface area contributed by atoms with Gasteiger partial charge in [0.1, 0.15) is 17.6 Å². The average Bonchev–Trinajstić information content (AvgIpc) is 3.43. The molecule has 3 heterocycles. The second kappa shape index (κ2) is 8.72. The van der Waals surface area contributed by atoms with Crippen LogP contribution in [0.3, 0.4) is 0 Å². The first-order chi connectivity index (χ1) is 16.4. The van der Waals surface area contributed by atoms with Crippen LogP contribution in [0.4, 0.5) is 11.4 Å². The smallest absolute Gasteiger partial charge is 0.270 e. The standard InChI is InChI=1S/C26H22N4O3S/c1-16-12-17(2)14-20(13-16)29-25(24(28-26(29)34)21-8-3-4-11-27-21)23-10-9-22(33-23)18-6-5-7-19(15-18)30(31)32/h3-15,24-25H,1-2H3,(H,28,34)/t24-,25+/m0/s1. The summed E-state index contributed by atoms with van der Waals surface area (Å²) in [6.45, 7) is 4.11. The van der Waals surface area contributed by atoms with E-state index in [1.807, 2.05) is 30.3 Å². The lowest BCUT2D eigenvalue weighted by molar-refractivity contribution is -0.384. The molecule has 5 rings (SSSR count). The minimum absolute atomic E-state index is 0.0161. The van der Waals surface area contributed by atoms with E-state index < -0.39 is 4.92 Å². The van der Waals surface area contributed by atoms with Gasteiger partial charge in [-0.3, -0.25) is 15.1 Å². The quantitative estimate of drug-likeness (QED) is 0.216. The monoisotopic (exact) mass is 470 g/mol. The first-order valence-electron chi connectivity index (χ1n) is 10.8. The number of aryl methyl sites for hydroxylation is 2. The summed E-state index contributed by atoms with van der Waals surface area (Å²) in [6.07, 6.45) is 1.76. The zero-order valence-electron chi connectivity index (χ0n) is 18.6. The van der Waals surface area contributed by atoms with Crippen molar-refractivity contribution in [3.63, 3.8) is 0 Å². The summed E-state index contributed by atoms with van der Waals surface area (Å²) in [5.41, 5.74) is 4.73. The number of thiocarbonyl (C=S) groups is 1. The van der Waals surface area contributed by atoms with Crippen LogP contribution in [-0.4, -0.2) is 15.0 Å². The molecule has 4 aromatic rings. The van der Waals surface area contributed by atoms with E-state index in [1.165, 1.54) is 12.1 Å². The fraction of sp³-hybridized carbons (Fsp3) is 0.154. The molecule has 1 fully saturated rings. The lowest BCUT2D eigenvalue weighted by Gasteiger charge is -2.26. The molecule has 8 heteroatoms. The van der Waals surface area contributed by atoms with Gasteiger partial charge in [-0.05, 0) is 73.6 Å². The molecule has 1 aliphatic heterocycles. The number of anilines is 1. The molecule has 0 aliphatic carbocycles. The Kier molecular flexibility index (Phi) is 5.59. The van der Waals surface area contributed by atoms with E-state index >= 15 is 0 Å². The lowest BCUT2D eigenvalue weighted by Crippen LogP contribution is -2.29. The Labute approximate surface area is 202 Å². The molecule has 2 atom stereocenters. The number of non-ortho nitro benzene ring substituents is 1.